The second-order valence-electron chi connectivity index (χ2n) is 13.5. The molecule has 0 aliphatic heterocycles. The topological polar surface area (TPSA) is 0 Å². The van der Waals surface area contributed by atoms with Gasteiger partial charge in [-0.3, -0.25) is 0 Å². The number of hydrogen-bond acceptors (Lipinski definition) is 0. The summed E-state index contributed by atoms with van der Waals surface area (Å²) in [5, 5.41) is 0. The van der Waals surface area contributed by atoms with E-state index in [0.29, 0.717) is 11.8 Å². The van der Waals surface area contributed by atoms with E-state index in [1.807, 2.05) is 0 Å². The van der Waals surface area contributed by atoms with E-state index in [0.717, 1.165) is 12.8 Å². The van der Waals surface area contributed by atoms with Gasteiger partial charge in [-0.15, -0.1) is 0 Å². The Hall–Kier alpha value is -2.32. The molecule has 0 saturated heterocycles. The zero-order valence-electron chi connectivity index (χ0n) is 25.6. The zero-order valence-corrected chi connectivity index (χ0v) is 30.7. The van der Waals surface area contributed by atoms with Crippen molar-refractivity contribution in [2.24, 2.45) is 0 Å². The third-order valence-corrected chi connectivity index (χ3v) is 40.9. The van der Waals surface area contributed by atoms with Crippen molar-refractivity contribution in [2.75, 3.05) is 0 Å². The van der Waals surface area contributed by atoms with Crippen molar-refractivity contribution in [3.63, 3.8) is 0 Å². The average molecular weight is 770 g/mol. The Morgan fingerprint density at radius 1 is 0.581 bits per heavy atom. The van der Waals surface area contributed by atoms with Crippen molar-refractivity contribution in [1.82, 2.24) is 0 Å². The van der Waals surface area contributed by atoms with Gasteiger partial charge in [-0.1, -0.05) is 0 Å². The molecule has 3 aliphatic rings. The van der Waals surface area contributed by atoms with Crippen LogP contribution in [-0.2, 0) is 15.7 Å². The summed E-state index contributed by atoms with van der Waals surface area (Å²) >= 11 is -4.90. The Labute approximate surface area is 265 Å². The first-order valence-electron chi connectivity index (χ1n) is 15.9. The van der Waals surface area contributed by atoms with Crippen LogP contribution in [0.2, 0.25) is 0 Å². The monoisotopic (exact) mass is 770 g/mol. The Bertz CT molecular complexity index is 1720. The van der Waals surface area contributed by atoms with Crippen LogP contribution in [0.3, 0.4) is 0 Å². The van der Waals surface area contributed by atoms with Gasteiger partial charge < -0.3 is 0 Å². The molecule has 4 aromatic carbocycles. The van der Waals surface area contributed by atoms with Gasteiger partial charge in [-0.05, 0) is 0 Å². The van der Waals surface area contributed by atoms with Crippen molar-refractivity contribution in [1.29, 1.82) is 0 Å². The third kappa shape index (κ3) is 4.68. The molecule has 0 aromatic heterocycles. The fourth-order valence-corrected chi connectivity index (χ4v) is 35.4. The summed E-state index contributed by atoms with van der Waals surface area (Å²) in [6.45, 7) is 8.98. The molecule has 4 aromatic rings. The minimum absolute atomic E-state index is 0.0649. The first-order valence-corrected chi connectivity index (χ1v) is 30.8. The number of allylic oxidation sites excluding steroid dienone is 2. The Balaban J connectivity index is 1.33. The summed E-state index contributed by atoms with van der Waals surface area (Å²) in [6, 6.07) is 31.6. The van der Waals surface area contributed by atoms with Gasteiger partial charge in [0.25, 0.3) is 0 Å². The van der Waals surface area contributed by atoms with Crippen LogP contribution in [0.5, 0.6) is 0 Å². The number of rotatable bonds is 6. The molecule has 0 radical (unpaired) electrons. The maximum absolute atomic E-state index is 8.32. The van der Waals surface area contributed by atoms with Crippen LogP contribution in [0.4, 0.5) is 0 Å². The quantitative estimate of drug-likeness (QED) is 0.171. The second-order valence-corrected chi connectivity index (χ2v) is 43.7. The van der Waals surface area contributed by atoms with Gasteiger partial charge in [0.1, 0.15) is 0 Å². The molecule has 1 fully saturated rings. The first-order chi connectivity index (χ1) is 20.7. The van der Waals surface area contributed by atoms with Crippen molar-refractivity contribution in [2.45, 2.75) is 66.1 Å². The Morgan fingerprint density at radius 2 is 1.00 bits per heavy atom. The van der Waals surface area contributed by atoms with Crippen LogP contribution in [0, 0.1) is 0 Å². The van der Waals surface area contributed by atoms with E-state index in [2.05, 4.69) is 137 Å². The van der Waals surface area contributed by atoms with Gasteiger partial charge in [0.15, 0.2) is 0 Å². The molecule has 2 atom stereocenters. The third-order valence-electron chi connectivity index (χ3n) is 10.4. The summed E-state index contributed by atoms with van der Waals surface area (Å²) < 4.78 is 1.61. The van der Waals surface area contributed by atoms with Crippen molar-refractivity contribution >= 4 is 32.6 Å². The van der Waals surface area contributed by atoms with Gasteiger partial charge in [-0.2, -0.15) is 0 Å². The summed E-state index contributed by atoms with van der Waals surface area (Å²) in [7, 11) is 16.6. The van der Waals surface area contributed by atoms with Crippen LogP contribution in [0.1, 0.15) is 99.5 Å². The van der Waals surface area contributed by atoms with Crippen molar-refractivity contribution in [3.8, 4) is 22.3 Å². The minimum atomic E-state index is -4.90. The summed E-state index contributed by atoms with van der Waals surface area (Å²) in [4.78, 5) is 0. The van der Waals surface area contributed by atoms with Crippen molar-refractivity contribution in [3.05, 3.63) is 130 Å². The van der Waals surface area contributed by atoms with E-state index in [1.165, 1.54) is 65.3 Å². The predicted octanol–water partition coefficient (Wildman–Crippen LogP) is 12.5. The molecule has 3 heteroatoms. The Kier molecular flexibility index (Phi) is 7.48. The summed E-state index contributed by atoms with van der Waals surface area (Å²) in [5.74, 6) is 1.04. The molecule has 2 unspecified atom stereocenters. The van der Waals surface area contributed by atoms with E-state index in [9.17, 15) is 0 Å². The number of fused-ring (bicyclic) bond motifs is 2. The van der Waals surface area contributed by atoms with Gasteiger partial charge in [0.05, 0.1) is 0 Å². The van der Waals surface area contributed by atoms with Gasteiger partial charge in [0, 0.05) is 0 Å². The second kappa shape index (κ2) is 10.9. The maximum atomic E-state index is 8.32. The molecular weight excluding hydrogens is 730 g/mol. The fourth-order valence-electron chi connectivity index (χ4n) is 7.66. The fraction of sp³-hybridized carbons (Fsp3) is 0.275. The van der Waals surface area contributed by atoms with Crippen LogP contribution < -0.4 is 0 Å². The SMILES string of the molecule is CC(C)c1ccc(-c2cccc3c2C=C[CH]3[Hf]([Cl])([Cl])(=[C]2CCC2)[CH]2C=Cc3c(-c4ccc(C(C)C)cc4)cccc32)cc1. The van der Waals surface area contributed by atoms with Gasteiger partial charge in [-0.25, -0.2) is 0 Å². The van der Waals surface area contributed by atoms with E-state index in [1.54, 1.807) is 0 Å². The number of benzene rings is 4. The molecule has 0 amide bonds. The molecule has 0 nitrogen and oxygen atoms in total. The summed E-state index contributed by atoms with van der Waals surface area (Å²) in [6.07, 6.45) is 12.7. The predicted molar refractivity (Wildman–Crippen MR) is 186 cm³/mol. The number of hydrogen-bond donors (Lipinski definition) is 0. The average Bonchev–Trinajstić information content (AvgIpc) is 3.62. The van der Waals surface area contributed by atoms with Crippen LogP contribution in [0.15, 0.2) is 97.1 Å². The molecule has 0 N–H and O–H groups in total. The molecule has 1 saturated carbocycles. The van der Waals surface area contributed by atoms with Crippen LogP contribution in [0.25, 0.3) is 34.4 Å². The van der Waals surface area contributed by atoms with E-state index in [4.69, 9.17) is 17.2 Å². The van der Waals surface area contributed by atoms with E-state index in [-0.39, 0.29) is 7.35 Å². The summed E-state index contributed by atoms with van der Waals surface area (Å²) in [5.41, 5.74) is 13.0. The van der Waals surface area contributed by atoms with Gasteiger partial charge in [0.2, 0.25) is 0 Å². The molecule has 218 valence electrons. The zero-order chi connectivity index (χ0) is 30.0. The van der Waals surface area contributed by atoms with E-state index >= 15 is 0 Å². The molecule has 0 bridgehead atoms. The van der Waals surface area contributed by atoms with Crippen molar-refractivity contribution < 1.29 is 15.7 Å². The normalized spacial score (nSPS) is 19.2. The first kappa shape index (κ1) is 29.4. The standard InChI is InChI=1S/2C18H17.C4H6.2ClH.Hf/c2*1-13(2)14-9-11-16(12-10-14)18-8-4-6-15-5-3-7-17(15)18;1-2-4-3-1;;;/h2*3-13H,1-2H3;1-3H2;2*1H;/q;;;;;+2/p-2. The molecule has 3 aliphatic carbocycles. The molecule has 43 heavy (non-hydrogen) atoms. The molecular formula is C40H40Cl2Hf. The Morgan fingerprint density at radius 3 is 1.35 bits per heavy atom. The molecule has 0 spiro atoms. The van der Waals surface area contributed by atoms with Gasteiger partial charge >= 0.3 is 267 Å². The molecule has 7 rings (SSSR count). The van der Waals surface area contributed by atoms with Crippen LogP contribution in [-0.4, -0.2) is 3.26 Å². The number of halogens is 2. The van der Waals surface area contributed by atoms with E-state index < -0.39 is 15.7 Å². The van der Waals surface area contributed by atoms with Crippen LogP contribution >= 0.6 is 17.2 Å². The molecule has 0 heterocycles.